The van der Waals surface area contributed by atoms with Gasteiger partial charge in [-0.1, -0.05) is 36.4 Å². The minimum atomic E-state index is -0.483. The van der Waals surface area contributed by atoms with Crippen molar-refractivity contribution in [2.75, 3.05) is 11.6 Å². The van der Waals surface area contributed by atoms with Crippen molar-refractivity contribution < 1.29 is 14.3 Å². The number of ether oxygens (including phenoxy) is 1. The summed E-state index contributed by atoms with van der Waals surface area (Å²) in [5.74, 6) is 1.39. The van der Waals surface area contributed by atoms with Crippen LogP contribution in [0.2, 0.25) is 0 Å². The molecule has 1 N–H and O–H groups in total. The summed E-state index contributed by atoms with van der Waals surface area (Å²) in [4.78, 5) is 31.9. The second-order valence-corrected chi connectivity index (χ2v) is 9.23. The Balaban J connectivity index is 1.38. The number of aryl methyl sites for hydroxylation is 1. The van der Waals surface area contributed by atoms with E-state index < -0.39 is 6.04 Å². The van der Waals surface area contributed by atoms with E-state index in [1.54, 1.807) is 46.2 Å². The second-order valence-electron chi connectivity index (χ2n) is 7.17. The van der Waals surface area contributed by atoms with Crippen LogP contribution in [0.4, 0.5) is 0 Å². The predicted octanol–water partition coefficient (Wildman–Crippen LogP) is 3.86. The maximum Gasteiger partial charge on any atom is 0.255 e. The van der Waals surface area contributed by atoms with Crippen LogP contribution < -0.4 is 10.1 Å². The number of carbonyl (C=O) groups excluding carboxylic acids is 2. The van der Waals surface area contributed by atoms with Crippen molar-refractivity contribution in [2.24, 2.45) is 0 Å². The van der Waals surface area contributed by atoms with Crippen molar-refractivity contribution in [3.05, 3.63) is 81.8 Å². The normalized spacial score (nSPS) is 15.6. The molecule has 1 saturated heterocycles. The molecule has 1 unspecified atom stereocenters. The Hall–Kier alpha value is -2.84. The molecule has 1 aliphatic heterocycles. The number of thioether (sulfide) groups is 1. The molecular formula is C23H23N3O3S2. The molecule has 1 atom stereocenters. The van der Waals surface area contributed by atoms with Gasteiger partial charge in [-0.2, -0.15) is 0 Å². The van der Waals surface area contributed by atoms with Crippen LogP contribution >= 0.6 is 23.1 Å². The predicted molar refractivity (Wildman–Crippen MR) is 123 cm³/mol. The van der Waals surface area contributed by atoms with Gasteiger partial charge in [-0.05, 0) is 30.7 Å². The molecule has 0 spiro atoms. The minimum Gasteiger partial charge on any atom is -0.487 e. The van der Waals surface area contributed by atoms with E-state index in [0.717, 1.165) is 16.3 Å². The number of rotatable bonds is 7. The van der Waals surface area contributed by atoms with Gasteiger partial charge in [0.25, 0.3) is 5.91 Å². The standard InChI is InChI=1S/C23H23N3O3S2/c1-16-25-19(13-31-16)12-29-20-9-5-8-18(10-20)23(28)26-15-30-14-21(26)22(27)24-11-17-6-3-2-4-7-17/h2-10,13,21H,11-12,14-15H2,1H3,(H,24,27). The number of carbonyl (C=O) groups is 2. The third kappa shape index (κ3) is 5.45. The highest BCUT2D eigenvalue weighted by atomic mass is 32.2. The lowest BCUT2D eigenvalue weighted by Gasteiger charge is -2.23. The molecule has 2 amide bonds. The van der Waals surface area contributed by atoms with Crippen LogP contribution in [0, 0.1) is 6.92 Å². The fourth-order valence-corrected chi connectivity index (χ4v) is 5.03. The first-order valence-electron chi connectivity index (χ1n) is 9.94. The Morgan fingerprint density at radius 3 is 2.81 bits per heavy atom. The van der Waals surface area contributed by atoms with Crippen molar-refractivity contribution in [1.29, 1.82) is 0 Å². The first-order chi connectivity index (χ1) is 15.1. The highest BCUT2D eigenvalue weighted by molar-refractivity contribution is 7.99. The van der Waals surface area contributed by atoms with E-state index in [4.69, 9.17) is 4.74 Å². The highest BCUT2D eigenvalue weighted by Gasteiger charge is 2.35. The third-order valence-corrected chi connectivity index (χ3v) is 6.72. The van der Waals surface area contributed by atoms with Crippen molar-refractivity contribution in [3.8, 4) is 5.75 Å². The fraction of sp³-hybridized carbons (Fsp3) is 0.261. The highest BCUT2D eigenvalue weighted by Crippen LogP contribution is 2.25. The summed E-state index contributed by atoms with van der Waals surface area (Å²) in [5, 5.41) is 5.91. The van der Waals surface area contributed by atoms with Crippen LogP contribution in [-0.4, -0.2) is 39.4 Å². The van der Waals surface area contributed by atoms with Gasteiger partial charge in [0.2, 0.25) is 5.91 Å². The summed E-state index contributed by atoms with van der Waals surface area (Å²) in [7, 11) is 0. The number of benzene rings is 2. The lowest BCUT2D eigenvalue weighted by atomic mass is 10.1. The monoisotopic (exact) mass is 453 g/mol. The van der Waals surface area contributed by atoms with Crippen LogP contribution in [0.25, 0.3) is 0 Å². The van der Waals surface area contributed by atoms with Crippen LogP contribution in [0.1, 0.15) is 26.6 Å². The quantitative estimate of drug-likeness (QED) is 0.588. The lowest BCUT2D eigenvalue weighted by Crippen LogP contribution is -2.47. The van der Waals surface area contributed by atoms with E-state index in [1.165, 1.54) is 0 Å². The lowest BCUT2D eigenvalue weighted by molar-refractivity contribution is -0.124. The van der Waals surface area contributed by atoms with Crippen LogP contribution in [0.3, 0.4) is 0 Å². The van der Waals surface area contributed by atoms with E-state index in [2.05, 4.69) is 10.3 Å². The summed E-state index contributed by atoms with van der Waals surface area (Å²) in [6.45, 7) is 2.75. The SMILES string of the molecule is Cc1nc(COc2cccc(C(=O)N3CSCC3C(=O)NCc3ccccc3)c2)cs1. The van der Waals surface area contributed by atoms with Crippen LogP contribution in [-0.2, 0) is 17.9 Å². The molecule has 31 heavy (non-hydrogen) atoms. The first-order valence-corrected chi connectivity index (χ1v) is 12.0. The zero-order valence-corrected chi connectivity index (χ0v) is 18.7. The Morgan fingerprint density at radius 2 is 2.03 bits per heavy atom. The summed E-state index contributed by atoms with van der Waals surface area (Å²) < 4.78 is 5.81. The maximum absolute atomic E-state index is 13.1. The van der Waals surface area contributed by atoms with Gasteiger partial charge >= 0.3 is 0 Å². The molecule has 0 bridgehead atoms. The number of nitrogens with zero attached hydrogens (tertiary/aromatic N) is 2. The molecule has 2 aromatic carbocycles. The Bertz CT molecular complexity index is 1050. The van der Waals surface area contributed by atoms with E-state index in [1.807, 2.05) is 48.7 Å². The number of nitrogens with one attached hydrogen (secondary N) is 1. The average molecular weight is 454 g/mol. The van der Waals surface area contributed by atoms with Crippen molar-refractivity contribution >= 4 is 34.9 Å². The maximum atomic E-state index is 13.1. The van der Waals surface area contributed by atoms with Crippen molar-refractivity contribution in [1.82, 2.24) is 15.2 Å². The smallest absolute Gasteiger partial charge is 0.255 e. The van der Waals surface area contributed by atoms with E-state index in [9.17, 15) is 9.59 Å². The van der Waals surface area contributed by atoms with Gasteiger partial charge in [0.1, 0.15) is 18.4 Å². The zero-order chi connectivity index (χ0) is 21.6. The summed E-state index contributed by atoms with van der Waals surface area (Å²) >= 11 is 3.16. The topological polar surface area (TPSA) is 71.5 Å². The number of hydrogen-bond acceptors (Lipinski definition) is 6. The molecule has 0 aliphatic carbocycles. The van der Waals surface area contributed by atoms with Crippen LogP contribution in [0.5, 0.6) is 5.75 Å². The Morgan fingerprint density at radius 1 is 1.19 bits per heavy atom. The molecule has 6 nitrogen and oxygen atoms in total. The van der Waals surface area contributed by atoms with Crippen molar-refractivity contribution in [3.63, 3.8) is 0 Å². The molecule has 0 radical (unpaired) electrons. The van der Waals surface area contributed by atoms with Gasteiger partial charge in [0.05, 0.1) is 16.6 Å². The fourth-order valence-electron chi connectivity index (χ4n) is 3.28. The Kier molecular flexibility index (Phi) is 6.89. The van der Waals surface area contributed by atoms with Gasteiger partial charge < -0.3 is 15.0 Å². The zero-order valence-electron chi connectivity index (χ0n) is 17.1. The minimum absolute atomic E-state index is 0.131. The molecule has 4 rings (SSSR count). The van der Waals surface area contributed by atoms with Crippen LogP contribution in [0.15, 0.2) is 60.0 Å². The molecule has 0 saturated carbocycles. The number of hydrogen-bond donors (Lipinski definition) is 1. The van der Waals surface area contributed by atoms with Gasteiger partial charge in [0, 0.05) is 23.2 Å². The summed E-state index contributed by atoms with van der Waals surface area (Å²) in [6, 6.07) is 16.4. The molecular weight excluding hydrogens is 430 g/mol. The van der Waals surface area contributed by atoms with Crippen molar-refractivity contribution in [2.45, 2.75) is 26.1 Å². The van der Waals surface area contributed by atoms with Gasteiger partial charge in [-0.25, -0.2) is 4.98 Å². The van der Waals surface area contributed by atoms with E-state index >= 15 is 0 Å². The van der Waals surface area contributed by atoms with Gasteiger partial charge in [-0.3, -0.25) is 9.59 Å². The second kappa shape index (κ2) is 9.98. The Labute approximate surface area is 189 Å². The summed E-state index contributed by atoms with van der Waals surface area (Å²) in [5.41, 5.74) is 2.40. The van der Waals surface area contributed by atoms with E-state index in [-0.39, 0.29) is 11.8 Å². The summed E-state index contributed by atoms with van der Waals surface area (Å²) in [6.07, 6.45) is 0. The molecule has 1 aromatic heterocycles. The average Bonchev–Trinajstić information content (AvgIpc) is 3.45. The number of aromatic nitrogens is 1. The molecule has 8 heteroatoms. The molecule has 3 aromatic rings. The number of thiazole rings is 1. The molecule has 160 valence electrons. The molecule has 2 heterocycles. The van der Waals surface area contributed by atoms with Gasteiger partial charge in [-0.15, -0.1) is 23.1 Å². The molecule has 1 aliphatic rings. The van der Waals surface area contributed by atoms with E-state index in [0.29, 0.717) is 36.1 Å². The number of amides is 2. The largest absolute Gasteiger partial charge is 0.487 e. The third-order valence-electron chi connectivity index (χ3n) is 4.89. The first kappa shape index (κ1) is 21.4. The van der Waals surface area contributed by atoms with Gasteiger partial charge in [0.15, 0.2) is 0 Å². The molecule has 1 fully saturated rings.